The Morgan fingerprint density at radius 3 is 2.85 bits per heavy atom. The molecule has 7 atom stereocenters. The van der Waals surface area contributed by atoms with Gasteiger partial charge in [-0.2, -0.15) is 0 Å². The van der Waals surface area contributed by atoms with Gasteiger partial charge < -0.3 is 9.47 Å². The van der Waals surface area contributed by atoms with Gasteiger partial charge in [0.2, 0.25) is 0 Å². The second kappa shape index (κ2) is 6.69. The average molecular weight is 360 g/mol. The minimum absolute atomic E-state index is 0.00965. The number of fused-ring (bicyclic) bond motifs is 5. The molecule has 0 bridgehead atoms. The Morgan fingerprint density at radius 1 is 1.27 bits per heavy atom. The SMILES string of the molecule is CCOC(=O)O[C@H]1CCC2C3C(CC[C@@]21C)C1CCC(=O)C=C1C[C@H]3C. The average Bonchev–Trinajstić information content (AvgIpc) is 2.91. The predicted molar refractivity (Wildman–Crippen MR) is 98.5 cm³/mol. The molecule has 0 radical (unpaired) electrons. The van der Waals surface area contributed by atoms with Crippen LogP contribution in [0, 0.1) is 35.0 Å². The fraction of sp³-hybridized carbons (Fsp3) is 0.818. The zero-order chi connectivity index (χ0) is 18.5. The largest absolute Gasteiger partial charge is 0.508 e. The number of carbonyl (C=O) groups is 2. The first kappa shape index (κ1) is 18.1. The molecule has 0 amide bonds. The van der Waals surface area contributed by atoms with Crippen LogP contribution in [-0.2, 0) is 14.3 Å². The first-order valence-corrected chi connectivity index (χ1v) is 10.5. The van der Waals surface area contributed by atoms with E-state index in [1.807, 2.05) is 13.0 Å². The van der Waals surface area contributed by atoms with Gasteiger partial charge in [-0.25, -0.2) is 4.79 Å². The fourth-order valence-electron chi connectivity index (χ4n) is 7.00. The van der Waals surface area contributed by atoms with E-state index in [9.17, 15) is 9.59 Å². The summed E-state index contributed by atoms with van der Waals surface area (Å²) in [7, 11) is 0. The topological polar surface area (TPSA) is 52.6 Å². The van der Waals surface area contributed by atoms with Gasteiger partial charge in [-0.1, -0.05) is 19.4 Å². The third-order valence-corrected chi connectivity index (χ3v) is 8.05. The Balaban J connectivity index is 1.56. The van der Waals surface area contributed by atoms with E-state index in [1.165, 1.54) is 12.0 Å². The molecular weight excluding hydrogens is 328 g/mol. The number of rotatable bonds is 2. The molecule has 4 rings (SSSR count). The Labute approximate surface area is 156 Å². The van der Waals surface area contributed by atoms with Gasteiger partial charge in [0.05, 0.1) is 6.61 Å². The maximum Gasteiger partial charge on any atom is 0.508 e. The van der Waals surface area contributed by atoms with Gasteiger partial charge in [-0.15, -0.1) is 0 Å². The summed E-state index contributed by atoms with van der Waals surface area (Å²) in [6.45, 7) is 6.89. The zero-order valence-electron chi connectivity index (χ0n) is 16.3. The number of hydrogen-bond donors (Lipinski definition) is 0. The van der Waals surface area contributed by atoms with E-state index < -0.39 is 6.16 Å². The molecule has 0 saturated heterocycles. The van der Waals surface area contributed by atoms with Gasteiger partial charge in [0.1, 0.15) is 6.10 Å². The highest BCUT2D eigenvalue weighted by Gasteiger charge is 2.59. The van der Waals surface area contributed by atoms with Gasteiger partial charge in [-0.3, -0.25) is 4.79 Å². The molecule has 0 heterocycles. The lowest BCUT2D eigenvalue weighted by Gasteiger charge is -2.55. The van der Waals surface area contributed by atoms with Crippen molar-refractivity contribution in [2.45, 2.75) is 71.8 Å². The highest BCUT2D eigenvalue weighted by molar-refractivity contribution is 5.91. The van der Waals surface area contributed by atoms with Crippen LogP contribution >= 0.6 is 0 Å². The van der Waals surface area contributed by atoms with Gasteiger partial charge in [-0.05, 0) is 81.1 Å². The van der Waals surface area contributed by atoms with Crippen LogP contribution in [0.5, 0.6) is 0 Å². The van der Waals surface area contributed by atoms with Crippen molar-refractivity contribution in [3.8, 4) is 0 Å². The second-order valence-corrected chi connectivity index (χ2v) is 9.27. The van der Waals surface area contributed by atoms with Gasteiger partial charge in [0, 0.05) is 11.8 Å². The Bertz CT molecular complexity index is 624. The van der Waals surface area contributed by atoms with Crippen molar-refractivity contribution in [1.82, 2.24) is 0 Å². The molecule has 3 saturated carbocycles. The summed E-state index contributed by atoms with van der Waals surface area (Å²) in [5, 5.41) is 0. The van der Waals surface area contributed by atoms with Crippen LogP contribution in [0.1, 0.15) is 65.7 Å². The van der Waals surface area contributed by atoms with Crippen LogP contribution in [0.2, 0.25) is 0 Å². The fourth-order valence-corrected chi connectivity index (χ4v) is 7.00. The molecule has 0 aromatic heterocycles. The van der Waals surface area contributed by atoms with Crippen LogP contribution in [0.3, 0.4) is 0 Å². The lowest BCUT2D eigenvalue weighted by atomic mass is 9.49. The number of carbonyl (C=O) groups excluding carboxylic acids is 2. The third kappa shape index (κ3) is 2.80. The monoisotopic (exact) mass is 360 g/mol. The standard InChI is InChI=1S/C22H32O4/c1-4-25-21(24)26-19-8-7-18-20-13(2)11-14-12-15(23)5-6-16(14)17(20)9-10-22(18,19)3/h12-13,16-20H,4-11H2,1-3H3/t13-,16?,17?,18?,19+,20?,22+/m1/s1. The van der Waals surface area contributed by atoms with E-state index in [0.717, 1.165) is 38.5 Å². The van der Waals surface area contributed by atoms with Crippen LogP contribution in [-0.4, -0.2) is 24.6 Å². The number of ketones is 1. The molecule has 0 aromatic rings. The summed E-state index contributed by atoms with van der Waals surface area (Å²) in [6.07, 6.45) is 8.72. The minimum Gasteiger partial charge on any atom is -0.435 e. The highest BCUT2D eigenvalue weighted by atomic mass is 16.7. The summed E-state index contributed by atoms with van der Waals surface area (Å²) < 4.78 is 10.8. The smallest absolute Gasteiger partial charge is 0.435 e. The summed E-state index contributed by atoms with van der Waals surface area (Å²) in [5.41, 5.74) is 1.50. The van der Waals surface area contributed by atoms with Crippen LogP contribution in [0.25, 0.3) is 0 Å². The van der Waals surface area contributed by atoms with Crippen LogP contribution < -0.4 is 0 Å². The van der Waals surface area contributed by atoms with Crippen molar-refractivity contribution in [2.75, 3.05) is 6.61 Å². The molecule has 4 aliphatic carbocycles. The molecule has 3 fully saturated rings. The minimum atomic E-state index is -0.505. The first-order valence-electron chi connectivity index (χ1n) is 10.5. The molecule has 144 valence electrons. The van der Waals surface area contributed by atoms with E-state index in [-0.39, 0.29) is 11.5 Å². The van der Waals surface area contributed by atoms with Gasteiger partial charge in [0.25, 0.3) is 0 Å². The molecule has 0 spiro atoms. The van der Waals surface area contributed by atoms with Crippen molar-refractivity contribution in [3.63, 3.8) is 0 Å². The number of ether oxygens (including phenoxy) is 2. The molecule has 4 aliphatic rings. The molecule has 26 heavy (non-hydrogen) atoms. The van der Waals surface area contributed by atoms with Crippen LogP contribution in [0.4, 0.5) is 4.79 Å². The molecular formula is C22H32O4. The van der Waals surface area contributed by atoms with Crippen molar-refractivity contribution < 1.29 is 19.1 Å². The summed E-state index contributed by atoms with van der Waals surface area (Å²) in [4.78, 5) is 23.8. The molecule has 0 aliphatic heterocycles. The molecule has 4 heteroatoms. The van der Waals surface area contributed by atoms with E-state index in [0.29, 0.717) is 42.0 Å². The first-order chi connectivity index (χ1) is 12.4. The summed E-state index contributed by atoms with van der Waals surface area (Å²) in [6, 6.07) is 0. The number of allylic oxidation sites excluding steroid dienone is 1. The Morgan fingerprint density at radius 2 is 2.08 bits per heavy atom. The van der Waals surface area contributed by atoms with Gasteiger partial charge in [0.15, 0.2) is 5.78 Å². The predicted octanol–water partition coefficient (Wildman–Crippen LogP) is 4.92. The van der Waals surface area contributed by atoms with Crippen LogP contribution in [0.15, 0.2) is 11.6 Å². The lowest BCUT2D eigenvalue weighted by Crippen LogP contribution is -2.50. The van der Waals surface area contributed by atoms with Crippen molar-refractivity contribution in [3.05, 3.63) is 11.6 Å². The van der Waals surface area contributed by atoms with E-state index in [2.05, 4.69) is 13.8 Å². The van der Waals surface area contributed by atoms with Gasteiger partial charge >= 0.3 is 6.16 Å². The molecule has 0 aromatic carbocycles. The Kier molecular flexibility index (Phi) is 4.65. The van der Waals surface area contributed by atoms with E-state index in [4.69, 9.17) is 9.47 Å². The van der Waals surface area contributed by atoms with E-state index in [1.54, 1.807) is 0 Å². The van der Waals surface area contributed by atoms with Crippen molar-refractivity contribution in [1.29, 1.82) is 0 Å². The third-order valence-electron chi connectivity index (χ3n) is 8.05. The summed E-state index contributed by atoms with van der Waals surface area (Å²) >= 11 is 0. The number of hydrogen-bond acceptors (Lipinski definition) is 4. The highest BCUT2D eigenvalue weighted by Crippen LogP contribution is 2.63. The lowest BCUT2D eigenvalue weighted by molar-refractivity contribution is -0.116. The second-order valence-electron chi connectivity index (χ2n) is 9.27. The summed E-state index contributed by atoms with van der Waals surface area (Å²) in [5.74, 6) is 3.57. The Hall–Kier alpha value is -1.32. The normalized spacial score (nSPS) is 44.4. The maximum absolute atomic E-state index is 11.9. The van der Waals surface area contributed by atoms with Crippen molar-refractivity contribution >= 4 is 11.9 Å². The molecule has 0 N–H and O–H groups in total. The molecule has 4 unspecified atom stereocenters. The quantitative estimate of drug-likeness (QED) is 0.656. The molecule has 4 nitrogen and oxygen atoms in total. The maximum atomic E-state index is 11.9. The van der Waals surface area contributed by atoms with Crippen molar-refractivity contribution in [2.24, 2.45) is 35.0 Å². The van der Waals surface area contributed by atoms with E-state index >= 15 is 0 Å². The zero-order valence-corrected chi connectivity index (χ0v) is 16.3.